The molecule has 4 nitrogen and oxygen atoms in total. The summed E-state index contributed by atoms with van der Waals surface area (Å²) in [7, 11) is 0. The molecule has 1 aliphatic heterocycles. The van der Waals surface area contributed by atoms with E-state index in [9.17, 15) is 18.0 Å². The fourth-order valence-electron chi connectivity index (χ4n) is 2.93. The highest BCUT2D eigenvalue weighted by molar-refractivity contribution is 6.34. The second kappa shape index (κ2) is 7.81. The summed E-state index contributed by atoms with van der Waals surface area (Å²) in [6, 6.07) is 7.77. The summed E-state index contributed by atoms with van der Waals surface area (Å²) in [5.74, 6) is -1.12. The molecule has 0 aliphatic carbocycles. The molecule has 0 saturated heterocycles. The van der Waals surface area contributed by atoms with Crippen LogP contribution in [0.15, 0.2) is 41.6 Å². The Balaban J connectivity index is 0.00000280. The molecule has 1 unspecified atom stereocenters. The molecule has 0 spiro atoms. The smallest absolute Gasteiger partial charge is 0.435 e. The van der Waals surface area contributed by atoms with Gasteiger partial charge < -0.3 is 9.94 Å². The summed E-state index contributed by atoms with van der Waals surface area (Å²) in [5.41, 5.74) is -2.14. The number of carbonyl (C=O) groups is 1. The molecule has 2 aromatic carbocycles. The lowest BCUT2D eigenvalue weighted by Crippen LogP contribution is -2.42. The van der Waals surface area contributed by atoms with Gasteiger partial charge in [0.05, 0.1) is 11.3 Å². The molecule has 0 amide bonds. The highest BCUT2D eigenvalue weighted by atomic mass is 35.5. The largest absolute Gasteiger partial charge is 0.478 e. The van der Waals surface area contributed by atoms with Crippen LogP contribution < -0.4 is 0 Å². The molecular weight excluding hydrogens is 442 g/mol. The summed E-state index contributed by atoms with van der Waals surface area (Å²) < 4.78 is 41.8. The van der Waals surface area contributed by atoms with Crippen molar-refractivity contribution in [3.05, 3.63) is 68.7 Å². The molecule has 10 heteroatoms. The van der Waals surface area contributed by atoms with Crippen molar-refractivity contribution in [2.24, 2.45) is 5.16 Å². The quantitative estimate of drug-likeness (QED) is 0.618. The van der Waals surface area contributed by atoms with Crippen molar-refractivity contribution in [3.8, 4) is 0 Å². The lowest BCUT2D eigenvalue weighted by Gasteiger charge is -2.29. The third-order valence-corrected chi connectivity index (χ3v) is 4.74. The van der Waals surface area contributed by atoms with Crippen LogP contribution in [0.1, 0.15) is 33.5 Å². The Labute approximate surface area is 174 Å². The van der Waals surface area contributed by atoms with Crippen LogP contribution in [0.2, 0.25) is 10.0 Å². The van der Waals surface area contributed by atoms with Gasteiger partial charge in [0.2, 0.25) is 0 Å². The van der Waals surface area contributed by atoms with E-state index in [-0.39, 0.29) is 39.3 Å². The number of rotatable bonds is 3. The average molecular weight is 455 g/mol. The maximum Gasteiger partial charge on any atom is 0.435 e. The Bertz CT molecular complexity index is 943. The van der Waals surface area contributed by atoms with E-state index in [0.29, 0.717) is 11.1 Å². The summed E-state index contributed by atoms with van der Waals surface area (Å²) in [5, 5.41) is 12.8. The molecule has 2 aromatic rings. The van der Waals surface area contributed by atoms with Gasteiger partial charge in [-0.25, -0.2) is 4.79 Å². The van der Waals surface area contributed by atoms with E-state index in [1.54, 1.807) is 6.92 Å². The number of benzene rings is 2. The molecule has 1 atom stereocenters. The van der Waals surface area contributed by atoms with Crippen molar-refractivity contribution in [3.63, 3.8) is 0 Å². The first-order chi connectivity index (χ1) is 12.5. The van der Waals surface area contributed by atoms with E-state index in [2.05, 4.69) is 5.16 Å². The van der Waals surface area contributed by atoms with Gasteiger partial charge >= 0.3 is 12.1 Å². The van der Waals surface area contributed by atoms with Crippen LogP contribution in [0.3, 0.4) is 0 Å². The number of aryl methyl sites for hydroxylation is 1. The average Bonchev–Trinajstić information content (AvgIpc) is 3.00. The minimum absolute atomic E-state index is 0. The van der Waals surface area contributed by atoms with Crippen molar-refractivity contribution in [1.29, 1.82) is 0 Å². The van der Waals surface area contributed by atoms with Crippen LogP contribution in [-0.4, -0.2) is 23.0 Å². The number of carboxylic acids is 1. The van der Waals surface area contributed by atoms with Crippen molar-refractivity contribution in [1.82, 2.24) is 0 Å². The summed E-state index contributed by atoms with van der Waals surface area (Å²) in [6.07, 6.45) is -5.39. The molecule has 150 valence electrons. The number of alkyl halides is 3. The van der Waals surface area contributed by atoms with Gasteiger partial charge in [0.15, 0.2) is 0 Å². The molecule has 28 heavy (non-hydrogen) atoms. The normalized spacial score (nSPS) is 18.9. The molecule has 3 rings (SSSR count). The molecule has 0 aromatic heterocycles. The molecule has 0 radical (unpaired) electrons. The van der Waals surface area contributed by atoms with Gasteiger partial charge in [0.25, 0.3) is 5.60 Å². The second-order valence-electron chi connectivity index (χ2n) is 6.12. The maximum atomic E-state index is 13.9. The highest BCUT2D eigenvalue weighted by Gasteiger charge is 2.62. The Morgan fingerprint density at radius 2 is 1.79 bits per heavy atom. The van der Waals surface area contributed by atoms with Crippen molar-refractivity contribution < 1.29 is 27.9 Å². The van der Waals surface area contributed by atoms with Crippen LogP contribution in [0, 0.1) is 6.92 Å². The first-order valence-electron chi connectivity index (χ1n) is 7.66. The predicted octanol–water partition coefficient (Wildman–Crippen LogP) is 6.00. The minimum Gasteiger partial charge on any atom is -0.478 e. The lowest BCUT2D eigenvalue weighted by atomic mass is 9.86. The number of carboxylic acid groups (broad SMARTS) is 1. The van der Waals surface area contributed by atoms with Crippen LogP contribution in [0.4, 0.5) is 13.2 Å². The minimum atomic E-state index is -4.79. The molecule has 0 bridgehead atoms. The number of halogens is 6. The molecular formula is C18H13Cl3F3NO3. The fourth-order valence-corrected chi connectivity index (χ4v) is 3.45. The predicted molar refractivity (Wildman–Crippen MR) is 102 cm³/mol. The molecule has 0 saturated carbocycles. The van der Waals surface area contributed by atoms with Gasteiger partial charge in [-0.05, 0) is 48.4 Å². The Hall–Kier alpha value is -1.96. The number of hydrogen-bond donors (Lipinski definition) is 1. The summed E-state index contributed by atoms with van der Waals surface area (Å²) in [6.45, 7) is 1.55. The van der Waals surface area contributed by atoms with E-state index in [1.807, 2.05) is 0 Å². The first kappa shape index (κ1) is 22.3. The topological polar surface area (TPSA) is 58.9 Å². The van der Waals surface area contributed by atoms with Gasteiger partial charge in [0, 0.05) is 22.0 Å². The lowest BCUT2D eigenvalue weighted by molar-refractivity contribution is -0.275. The van der Waals surface area contributed by atoms with Gasteiger partial charge in [-0.15, -0.1) is 12.4 Å². The van der Waals surface area contributed by atoms with Crippen molar-refractivity contribution in [2.45, 2.75) is 25.1 Å². The van der Waals surface area contributed by atoms with E-state index < -0.39 is 24.2 Å². The zero-order valence-electron chi connectivity index (χ0n) is 14.2. The molecule has 1 aliphatic rings. The fraction of sp³-hybridized carbons (Fsp3) is 0.222. The monoisotopic (exact) mass is 453 g/mol. The standard InChI is InChI=1S/C18H12Cl2F3NO3.ClH/c1-9-4-10(2-3-14(9)16(25)26)15-8-17(27-24-15,18(21,22)23)11-5-12(19)7-13(20)6-11;/h2-7H,8H2,1H3,(H,25,26);1H. The maximum absolute atomic E-state index is 13.9. The second-order valence-corrected chi connectivity index (χ2v) is 7.00. The number of hydrogen-bond acceptors (Lipinski definition) is 3. The van der Waals surface area contributed by atoms with Crippen molar-refractivity contribution in [2.75, 3.05) is 0 Å². The van der Waals surface area contributed by atoms with Crippen LogP contribution in [0.25, 0.3) is 0 Å². The van der Waals surface area contributed by atoms with E-state index in [1.165, 1.54) is 24.3 Å². The van der Waals surface area contributed by atoms with Gasteiger partial charge in [0.1, 0.15) is 0 Å². The molecule has 1 N–H and O–H groups in total. The third kappa shape index (κ3) is 3.92. The Morgan fingerprint density at radius 3 is 2.29 bits per heavy atom. The summed E-state index contributed by atoms with van der Waals surface area (Å²) in [4.78, 5) is 16.0. The van der Waals surface area contributed by atoms with Gasteiger partial charge in [-0.2, -0.15) is 13.2 Å². The Kier molecular flexibility index (Phi) is 6.23. The number of aromatic carboxylic acids is 1. The zero-order chi connectivity index (χ0) is 20.0. The zero-order valence-corrected chi connectivity index (χ0v) is 16.5. The number of oxime groups is 1. The van der Waals surface area contributed by atoms with Crippen LogP contribution in [0.5, 0.6) is 0 Å². The third-order valence-electron chi connectivity index (χ3n) is 4.30. The van der Waals surface area contributed by atoms with E-state index >= 15 is 0 Å². The summed E-state index contributed by atoms with van der Waals surface area (Å²) >= 11 is 11.7. The molecule has 1 heterocycles. The Morgan fingerprint density at radius 1 is 1.18 bits per heavy atom. The van der Waals surface area contributed by atoms with Crippen LogP contribution >= 0.6 is 35.6 Å². The van der Waals surface area contributed by atoms with Crippen LogP contribution in [-0.2, 0) is 10.4 Å². The first-order valence-corrected chi connectivity index (χ1v) is 8.42. The van der Waals surface area contributed by atoms with Gasteiger partial charge in [-0.3, -0.25) is 0 Å². The van der Waals surface area contributed by atoms with E-state index in [4.69, 9.17) is 33.1 Å². The van der Waals surface area contributed by atoms with Crippen molar-refractivity contribution >= 4 is 47.3 Å². The number of nitrogens with zero attached hydrogens (tertiary/aromatic N) is 1. The van der Waals surface area contributed by atoms with Gasteiger partial charge in [-0.1, -0.05) is 34.4 Å². The van der Waals surface area contributed by atoms with E-state index in [0.717, 1.165) is 12.1 Å². The molecule has 0 fully saturated rings. The SMILES string of the molecule is Cc1cc(C2=NOC(c3cc(Cl)cc(Cl)c3)(C(F)(F)F)C2)ccc1C(=O)O.Cl. The highest BCUT2D eigenvalue weighted by Crippen LogP contribution is 2.49.